The molecule has 0 unspecified atom stereocenters. The van der Waals surface area contributed by atoms with Crippen LogP contribution in [0.1, 0.15) is 18.9 Å². The lowest BCUT2D eigenvalue weighted by molar-refractivity contribution is -0.143. The van der Waals surface area contributed by atoms with Crippen LogP contribution in [0.15, 0.2) is 30.5 Å². The van der Waals surface area contributed by atoms with Gasteiger partial charge in [0, 0.05) is 24.1 Å². The van der Waals surface area contributed by atoms with Crippen molar-refractivity contribution in [3.05, 3.63) is 41.0 Å². The van der Waals surface area contributed by atoms with Crippen LogP contribution in [0.5, 0.6) is 0 Å². The molecule has 1 heterocycles. The van der Waals surface area contributed by atoms with E-state index in [9.17, 15) is 4.79 Å². The maximum atomic E-state index is 11.4. The van der Waals surface area contributed by atoms with Gasteiger partial charge in [-0.3, -0.25) is 9.48 Å². The van der Waals surface area contributed by atoms with E-state index in [1.54, 1.807) is 13.1 Å². The first-order chi connectivity index (χ1) is 9.61. The fourth-order valence-corrected chi connectivity index (χ4v) is 2.24. The smallest absolute Gasteiger partial charge is 0.306 e. The van der Waals surface area contributed by atoms with E-state index in [-0.39, 0.29) is 5.97 Å². The third-order valence-electron chi connectivity index (χ3n) is 3.04. The molecule has 0 amide bonds. The minimum absolute atomic E-state index is 0.182. The van der Waals surface area contributed by atoms with Crippen molar-refractivity contribution in [3.8, 4) is 11.3 Å². The Bertz CT molecular complexity index is 590. The first-order valence-electron chi connectivity index (χ1n) is 6.54. The molecule has 4 nitrogen and oxygen atoms in total. The number of aryl methyl sites for hydroxylation is 2. The zero-order valence-corrected chi connectivity index (χ0v) is 12.4. The minimum Gasteiger partial charge on any atom is -0.466 e. The number of ether oxygens (including phenoxy) is 1. The summed E-state index contributed by atoms with van der Waals surface area (Å²) >= 11 is 5.91. The average Bonchev–Trinajstić information content (AvgIpc) is 2.79. The Morgan fingerprint density at radius 3 is 2.70 bits per heavy atom. The molecule has 0 fully saturated rings. The molecule has 0 aliphatic heterocycles. The number of hydrogen-bond donors (Lipinski definition) is 0. The number of hydrogen-bond acceptors (Lipinski definition) is 3. The Kier molecular flexibility index (Phi) is 4.79. The van der Waals surface area contributed by atoms with Crippen LogP contribution in [0, 0.1) is 0 Å². The van der Waals surface area contributed by atoms with Crippen molar-refractivity contribution in [1.29, 1.82) is 0 Å². The fraction of sp³-hybridized carbons (Fsp3) is 0.333. The molecular formula is C15H17ClN2O2. The van der Waals surface area contributed by atoms with Crippen LogP contribution in [-0.2, 0) is 23.0 Å². The number of benzene rings is 1. The molecule has 0 N–H and O–H groups in total. The molecule has 0 saturated carbocycles. The van der Waals surface area contributed by atoms with Gasteiger partial charge in [-0.1, -0.05) is 23.7 Å². The number of carbonyl (C=O) groups excluding carboxylic acids is 1. The summed E-state index contributed by atoms with van der Waals surface area (Å²) in [6.07, 6.45) is 2.77. The van der Waals surface area contributed by atoms with Crippen molar-refractivity contribution in [1.82, 2.24) is 9.78 Å². The Balaban J connectivity index is 2.19. The minimum atomic E-state index is -0.182. The van der Waals surface area contributed by atoms with Gasteiger partial charge in [0.05, 0.1) is 18.5 Å². The lowest BCUT2D eigenvalue weighted by Gasteiger charge is -2.07. The quantitative estimate of drug-likeness (QED) is 0.795. The second-order valence-electron chi connectivity index (χ2n) is 4.45. The number of esters is 1. The maximum Gasteiger partial charge on any atom is 0.306 e. The van der Waals surface area contributed by atoms with Gasteiger partial charge >= 0.3 is 5.97 Å². The summed E-state index contributed by atoms with van der Waals surface area (Å²) in [6.45, 7) is 2.22. The lowest BCUT2D eigenvalue weighted by atomic mass is 10.0. The van der Waals surface area contributed by atoms with Gasteiger partial charge in [-0.25, -0.2) is 0 Å². The molecule has 0 atom stereocenters. The fourth-order valence-electron chi connectivity index (χ4n) is 2.12. The number of halogens is 1. The van der Waals surface area contributed by atoms with Gasteiger partial charge in [0.15, 0.2) is 0 Å². The summed E-state index contributed by atoms with van der Waals surface area (Å²) in [7, 11) is 1.89. The molecule has 0 bridgehead atoms. The third kappa shape index (κ3) is 3.39. The van der Waals surface area contributed by atoms with Gasteiger partial charge in [-0.15, -0.1) is 0 Å². The van der Waals surface area contributed by atoms with E-state index in [0.29, 0.717) is 24.5 Å². The first-order valence-corrected chi connectivity index (χ1v) is 6.92. The van der Waals surface area contributed by atoms with Gasteiger partial charge in [0.25, 0.3) is 0 Å². The Morgan fingerprint density at radius 1 is 1.35 bits per heavy atom. The molecule has 0 aliphatic carbocycles. The van der Waals surface area contributed by atoms with Crippen LogP contribution < -0.4 is 0 Å². The van der Waals surface area contributed by atoms with Crippen LogP contribution >= 0.6 is 11.6 Å². The van der Waals surface area contributed by atoms with Crippen molar-refractivity contribution in [2.24, 2.45) is 7.05 Å². The van der Waals surface area contributed by atoms with Crippen LogP contribution in [0.25, 0.3) is 11.3 Å². The number of carbonyl (C=O) groups is 1. The first kappa shape index (κ1) is 14.6. The lowest BCUT2D eigenvalue weighted by Crippen LogP contribution is -2.05. The molecule has 1 aromatic carbocycles. The maximum absolute atomic E-state index is 11.4. The molecule has 2 aromatic rings. The average molecular weight is 293 g/mol. The van der Waals surface area contributed by atoms with E-state index in [0.717, 1.165) is 16.8 Å². The molecule has 1 aromatic heterocycles. The summed E-state index contributed by atoms with van der Waals surface area (Å²) in [4.78, 5) is 11.4. The number of nitrogens with zero attached hydrogens (tertiary/aromatic N) is 2. The predicted molar refractivity (Wildman–Crippen MR) is 78.6 cm³/mol. The largest absolute Gasteiger partial charge is 0.466 e. The predicted octanol–water partition coefficient (Wildman–Crippen LogP) is 3.24. The van der Waals surface area contributed by atoms with Crippen molar-refractivity contribution < 1.29 is 9.53 Å². The van der Waals surface area contributed by atoms with Crippen LogP contribution in [0.2, 0.25) is 5.02 Å². The van der Waals surface area contributed by atoms with Gasteiger partial charge in [-0.05, 0) is 31.0 Å². The zero-order valence-electron chi connectivity index (χ0n) is 11.6. The van der Waals surface area contributed by atoms with Gasteiger partial charge in [0.1, 0.15) is 0 Å². The van der Waals surface area contributed by atoms with Gasteiger partial charge in [0.2, 0.25) is 0 Å². The molecule has 106 valence electrons. The second kappa shape index (κ2) is 6.57. The van der Waals surface area contributed by atoms with Crippen LogP contribution in [0.3, 0.4) is 0 Å². The zero-order chi connectivity index (χ0) is 14.5. The molecular weight excluding hydrogens is 276 g/mol. The van der Waals surface area contributed by atoms with Crippen LogP contribution in [0.4, 0.5) is 0 Å². The summed E-state index contributed by atoms with van der Waals surface area (Å²) in [5.41, 5.74) is 3.07. The Labute approximate surface area is 123 Å². The highest BCUT2D eigenvalue weighted by Crippen LogP contribution is 2.25. The number of rotatable bonds is 5. The molecule has 2 rings (SSSR count). The normalized spacial score (nSPS) is 10.6. The molecule has 5 heteroatoms. The third-order valence-corrected chi connectivity index (χ3v) is 3.29. The van der Waals surface area contributed by atoms with E-state index >= 15 is 0 Å². The second-order valence-corrected chi connectivity index (χ2v) is 4.89. The van der Waals surface area contributed by atoms with E-state index in [1.165, 1.54) is 0 Å². The molecule has 0 radical (unpaired) electrons. The highest BCUT2D eigenvalue weighted by atomic mass is 35.5. The Morgan fingerprint density at radius 2 is 2.05 bits per heavy atom. The highest BCUT2D eigenvalue weighted by molar-refractivity contribution is 6.30. The van der Waals surface area contributed by atoms with Gasteiger partial charge < -0.3 is 4.74 Å². The number of aromatic nitrogens is 2. The standard InChI is InChI=1S/C15H17ClN2O2/c1-3-20-14(19)9-6-12-10-17-18(2)15(12)11-4-7-13(16)8-5-11/h4-5,7-8,10H,3,6,9H2,1-2H3. The molecule has 0 aliphatic rings. The van der Waals surface area contributed by atoms with Crippen molar-refractivity contribution >= 4 is 17.6 Å². The van der Waals surface area contributed by atoms with E-state index < -0.39 is 0 Å². The monoisotopic (exact) mass is 292 g/mol. The topological polar surface area (TPSA) is 44.1 Å². The summed E-state index contributed by atoms with van der Waals surface area (Å²) in [5, 5.41) is 4.97. The van der Waals surface area contributed by atoms with E-state index in [4.69, 9.17) is 16.3 Å². The molecule has 20 heavy (non-hydrogen) atoms. The van der Waals surface area contributed by atoms with Gasteiger partial charge in [-0.2, -0.15) is 5.10 Å². The summed E-state index contributed by atoms with van der Waals surface area (Å²) in [5.74, 6) is -0.182. The van der Waals surface area contributed by atoms with Crippen molar-refractivity contribution in [3.63, 3.8) is 0 Å². The van der Waals surface area contributed by atoms with Crippen molar-refractivity contribution in [2.45, 2.75) is 19.8 Å². The van der Waals surface area contributed by atoms with Crippen molar-refractivity contribution in [2.75, 3.05) is 6.61 Å². The summed E-state index contributed by atoms with van der Waals surface area (Å²) in [6, 6.07) is 7.60. The molecule has 0 spiro atoms. The van der Waals surface area contributed by atoms with Crippen LogP contribution in [-0.4, -0.2) is 22.4 Å². The molecule has 0 saturated heterocycles. The Hall–Kier alpha value is -1.81. The summed E-state index contributed by atoms with van der Waals surface area (Å²) < 4.78 is 6.76. The SMILES string of the molecule is CCOC(=O)CCc1cnn(C)c1-c1ccc(Cl)cc1. The van der Waals surface area contributed by atoms with E-state index in [2.05, 4.69) is 5.10 Å². The van der Waals surface area contributed by atoms with E-state index in [1.807, 2.05) is 36.0 Å². The highest BCUT2D eigenvalue weighted by Gasteiger charge is 2.12.